The molecule has 0 radical (unpaired) electrons. The highest BCUT2D eigenvalue weighted by Gasteiger charge is 2.58. The molecule has 3 aliphatic heterocycles. The smallest absolute Gasteiger partial charge is 0.417 e. The van der Waals surface area contributed by atoms with Crippen molar-refractivity contribution in [1.29, 1.82) is 0 Å². The highest BCUT2D eigenvalue weighted by molar-refractivity contribution is 6.00. The molecule has 0 saturated carbocycles. The number of carbonyl (C=O) groups excluding carboxylic acids is 3. The monoisotopic (exact) mass is 329 g/mol. The molecule has 1 aromatic rings. The number of benzene rings is 1. The molecule has 1 aliphatic carbocycles. The number of hydrogen-bond acceptors (Lipinski definition) is 6. The lowest BCUT2D eigenvalue weighted by Crippen LogP contribution is -2.60. The third kappa shape index (κ3) is 2.05. The first-order valence-corrected chi connectivity index (χ1v) is 7.68. The van der Waals surface area contributed by atoms with Gasteiger partial charge < -0.3 is 14.6 Å². The molecule has 4 atom stereocenters. The fourth-order valence-corrected chi connectivity index (χ4v) is 3.43. The third-order valence-corrected chi connectivity index (χ3v) is 4.74. The van der Waals surface area contributed by atoms with E-state index in [-0.39, 0.29) is 13.0 Å². The number of ether oxygens (including phenoxy) is 2. The predicted molar refractivity (Wildman–Crippen MR) is 79.5 cm³/mol. The van der Waals surface area contributed by atoms with Crippen LogP contribution in [0.4, 0.5) is 4.79 Å². The fraction of sp³-hybridized carbons (Fsp3) is 0.353. The zero-order chi connectivity index (χ0) is 16.9. The number of rotatable bonds is 2. The van der Waals surface area contributed by atoms with Gasteiger partial charge in [0.25, 0.3) is 0 Å². The second kappa shape index (κ2) is 5.17. The van der Waals surface area contributed by atoms with Gasteiger partial charge in [0.15, 0.2) is 5.60 Å². The Morgan fingerprint density at radius 3 is 2.71 bits per heavy atom. The Morgan fingerprint density at radius 2 is 2.00 bits per heavy atom. The van der Waals surface area contributed by atoms with Gasteiger partial charge in [-0.3, -0.25) is 4.79 Å². The quantitative estimate of drug-likeness (QED) is 0.641. The molecule has 0 spiro atoms. The molecule has 0 aromatic heterocycles. The number of carbonyl (C=O) groups is 3. The molecule has 2 saturated heterocycles. The summed E-state index contributed by atoms with van der Waals surface area (Å²) >= 11 is 0. The van der Waals surface area contributed by atoms with Crippen LogP contribution in [0.3, 0.4) is 0 Å². The lowest BCUT2D eigenvalue weighted by Gasteiger charge is -2.42. The van der Waals surface area contributed by atoms with Crippen molar-refractivity contribution < 1.29 is 29.0 Å². The van der Waals surface area contributed by atoms with Crippen LogP contribution in [0.2, 0.25) is 0 Å². The highest BCUT2D eigenvalue weighted by Crippen LogP contribution is 2.40. The topological polar surface area (TPSA) is 93.1 Å². The zero-order valence-corrected chi connectivity index (χ0v) is 12.6. The van der Waals surface area contributed by atoms with Crippen molar-refractivity contribution in [3.8, 4) is 0 Å². The molecular weight excluding hydrogens is 314 g/mol. The van der Waals surface area contributed by atoms with Crippen molar-refractivity contribution in [2.45, 2.75) is 24.2 Å². The largest absolute Gasteiger partial charge is 0.456 e. The summed E-state index contributed by atoms with van der Waals surface area (Å²) in [7, 11) is 0. The fourth-order valence-electron chi connectivity index (χ4n) is 3.43. The maximum atomic E-state index is 13.0. The van der Waals surface area contributed by atoms with Crippen LogP contribution in [0.1, 0.15) is 18.0 Å². The Hall–Kier alpha value is -2.67. The number of aliphatic hydroxyl groups is 1. The number of cyclic esters (lactones) is 1. The van der Waals surface area contributed by atoms with Crippen LogP contribution in [0, 0.1) is 5.92 Å². The van der Waals surface area contributed by atoms with Crippen molar-refractivity contribution in [1.82, 2.24) is 4.90 Å². The van der Waals surface area contributed by atoms with E-state index in [0.717, 1.165) is 10.5 Å². The minimum atomic E-state index is -2.03. The van der Waals surface area contributed by atoms with Gasteiger partial charge in [0.2, 0.25) is 5.91 Å². The van der Waals surface area contributed by atoms with Crippen LogP contribution < -0.4 is 0 Å². The molecule has 3 heterocycles. The van der Waals surface area contributed by atoms with Crippen LogP contribution in [-0.2, 0) is 19.1 Å². The first-order valence-electron chi connectivity index (χ1n) is 7.68. The molecule has 124 valence electrons. The first-order chi connectivity index (χ1) is 11.5. The second-order valence-electron chi connectivity index (χ2n) is 6.13. The molecule has 2 amide bonds. The van der Waals surface area contributed by atoms with Crippen molar-refractivity contribution in [3.05, 3.63) is 48.0 Å². The molecule has 1 aromatic carbocycles. The number of fused-ring (bicyclic) bond motifs is 2. The van der Waals surface area contributed by atoms with Crippen molar-refractivity contribution >= 4 is 18.0 Å². The summed E-state index contributed by atoms with van der Waals surface area (Å²) < 4.78 is 10.0. The van der Waals surface area contributed by atoms with Gasteiger partial charge in [0, 0.05) is 6.42 Å². The SMILES string of the molecule is O=C1OC[C@@H](c2ccccc2)N1C(=O)C1CC2C=CC1(O)C(=O)O2. The van der Waals surface area contributed by atoms with E-state index in [9.17, 15) is 19.5 Å². The van der Waals surface area contributed by atoms with E-state index < -0.39 is 41.6 Å². The van der Waals surface area contributed by atoms with Gasteiger partial charge in [-0.15, -0.1) is 0 Å². The van der Waals surface area contributed by atoms with Crippen LogP contribution in [0.15, 0.2) is 42.5 Å². The summed E-state index contributed by atoms with van der Waals surface area (Å²) in [5, 5.41) is 10.6. The Kier molecular flexibility index (Phi) is 3.21. The van der Waals surface area contributed by atoms with Crippen molar-refractivity contribution in [2.24, 2.45) is 5.92 Å². The van der Waals surface area contributed by atoms with E-state index in [0.29, 0.717) is 0 Å². The second-order valence-corrected chi connectivity index (χ2v) is 6.13. The van der Waals surface area contributed by atoms with Gasteiger partial charge in [0.1, 0.15) is 18.8 Å². The molecule has 5 rings (SSSR count). The Balaban J connectivity index is 1.67. The molecule has 4 aliphatic rings. The molecule has 3 unspecified atom stereocenters. The van der Waals surface area contributed by atoms with Gasteiger partial charge in [-0.25, -0.2) is 14.5 Å². The first kappa shape index (κ1) is 14.9. The lowest BCUT2D eigenvalue weighted by molar-refractivity contribution is -0.189. The average Bonchev–Trinajstić information content (AvgIpc) is 2.97. The number of hydrogen-bond donors (Lipinski definition) is 1. The van der Waals surface area contributed by atoms with E-state index in [1.165, 1.54) is 6.08 Å². The van der Waals surface area contributed by atoms with Gasteiger partial charge >= 0.3 is 12.1 Å². The number of esters is 1. The van der Waals surface area contributed by atoms with Crippen LogP contribution in [0.5, 0.6) is 0 Å². The summed E-state index contributed by atoms with van der Waals surface area (Å²) in [6.45, 7) is 0.0451. The van der Waals surface area contributed by atoms with Crippen molar-refractivity contribution in [3.63, 3.8) is 0 Å². The van der Waals surface area contributed by atoms with Crippen LogP contribution >= 0.6 is 0 Å². The standard InChI is InChI=1S/C17H15NO6/c19-14(12-8-11-6-7-17(12,22)15(20)24-11)18-13(9-23-16(18)21)10-4-2-1-3-5-10/h1-7,11-13,22H,8-9H2/t11?,12?,13-,17?/m0/s1. The van der Waals surface area contributed by atoms with E-state index in [4.69, 9.17) is 9.47 Å². The van der Waals surface area contributed by atoms with E-state index in [1.807, 2.05) is 6.07 Å². The molecule has 7 nitrogen and oxygen atoms in total. The molecule has 24 heavy (non-hydrogen) atoms. The normalized spacial score (nSPS) is 34.2. The summed E-state index contributed by atoms with van der Waals surface area (Å²) in [6.07, 6.45) is 1.66. The number of amides is 2. The zero-order valence-electron chi connectivity index (χ0n) is 12.6. The number of imide groups is 1. The van der Waals surface area contributed by atoms with E-state index in [2.05, 4.69) is 0 Å². The molecule has 2 bridgehead atoms. The maximum Gasteiger partial charge on any atom is 0.417 e. The van der Waals surface area contributed by atoms with Gasteiger partial charge in [0.05, 0.1) is 5.92 Å². The summed E-state index contributed by atoms with van der Waals surface area (Å²) in [5.41, 5.74) is -1.28. The van der Waals surface area contributed by atoms with Crippen molar-refractivity contribution in [2.75, 3.05) is 6.61 Å². The van der Waals surface area contributed by atoms with Crippen LogP contribution in [-0.4, -0.2) is 46.3 Å². The maximum absolute atomic E-state index is 13.0. The minimum Gasteiger partial charge on any atom is -0.456 e. The van der Waals surface area contributed by atoms with Gasteiger partial charge in [-0.05, 0) is 17.7 Å². The average molecular weight is 329 g/mol. The molecular formula is C17H15NO6. The number of nitrogens with zero attached hydrogens (tertiary/aromatic N) is 1. The molecule has 7 heteroatoms. The third-order valence-electron chi connectivity index (χ3n) is 4.74. The minimum absolute atomic E-state index is 0.0451. The lowest BCUT2D eigenvalue weighted by atomic mass is 9.75. The summed E-state index contributed by atoms with van der Waals surface area (Å²) in [5.74, 6) is -2.55. The summed E-state index contributed by atoms with van der Waals surface area (Å²) in [4.78, 5) is 38.0. The van der Waals surface area contributed by atoms with Gasteiger partial charge in [-0.1, -0.05) is 30.3 Å². The Labute approximate surface area is 137 Å². The molecule has 1 N–H and O–H groups in total. The highest BCUT2D eigenvalue weighted by atomic mass is 16.6. The van der Waals surface area contributed by atoms with Crippen LogP contribution in [0.25, 0.3) is 0 Å². The molecule has 2 fully saturated rings. The predicted octanol–water partition coefficient (Wildman–Crippen LogP) is 0.939. The van der Waals surface area contributed by atoms with Gasteiger partial charge in [-0.2, -0.15) is 0 Å². The van der Waals surface area contributed by atoms with E-state index in [1.54, 1.807) is 30.3 Å². The van der Waals surface area contributed by atoms with E-state index >= 15 is 0 Å². The Bertz CT molecular complexity index is 745. The Morgan fingerprint density at radius 1 is 1.25 bits per heavy atom. The summed E-state index contributed by atoms with van der Waals surface area (Å²) in [6, 6.07) is 8.45.